The molecule has 1 aliphatic rings. The van der Waals surface area contributed by atoms with Crippen molar-refractivity contribution in [2.45, 2.75) is 182 Å². The van der Waals surface area contributed by atoms with Gasteiger partial charge in [-0.25, -0.2) is 0 Å². The number of rotatable bonds is 34. The molecule has 0 atom stereocenters. The summed E-state index contributed by atoms with van der Waals surface area (Å²) in [4.78, 5) is 5.17. The summed E-state index contributed by atoms with van der Waals surface area (Å²) in [6.07, 6.45) is 42.9. The minimum atomic E-state index is 0.0699. The Morgan fingerprint density at radius 2 is 0.721 bits per heavy atom. The minimum absolute atomic E-state index is 0.0699. The second kappa shape index (κ2) is 33.2. The van der Waals surface area contributed by atoms with E-state index in [1.54, 1.807) is 12.2 Å². The van der Waals surface area contributed by atoms with E-state index in [-0.39, 0.29) is 5.57 Å². The molecule has 1 aliphatic heterocycles. The van der Waals surface area contributed by atoms with Gasteiger partial charge in [0.15, 0.2) is 0 Å². The van der Waals surface area contributed by atoms with Crippen molar-refractivity contribution in [3.05, 3.63) is 107 Å². The Balaban J connectivity index is 1.68. The summed E-state index contributed by atoms with van der Waals surface area (Å²) < 4.78 is 6.32. The molecule has 332 valence electrons. The van der Waals surface area contributed by atoms with Crippen LogP contribution in [0, 0.1) is 22.7 Å². The van der Waals surface area contributed by atoms with E-state index in [2.05, 4.69) is 98.2 Å². The summed E-state index contributed by atoms with van der Waals surface area (Å²) in [6, 6.07) is 21.9. The molecule has 3 rings (SSSR count). The van der Waals surface area contributed by atoms with Crippen molar-refractivity contribution in [1.29, 1.82) is 10.5 Å². The first-order chi connectivity index (χ1) is 30.0. The molecule has 0 unspecified atom stereocenters. The molecule has 0 saturated carbocycles. The van der Waals surface area contributed by atoms with E-state index in [9.17, 15) is 10.5 Å². The maximum Gasteiger partial charge on any atom is 0.137 e. The van der Waals surface area contributed by atoms with Gasteiger partial charge in [-0.2, -0.15) is 10.5 Å². The average molecular weight is 827 g/mol. The Hall–Kier alpha value is -4.48. The first-order valence-electron chi connectivity index (χ1n) is 24.8. The minimum Gasteiger partial charge on any atom is -0.457 e. The molecule has 5 heteroatoms. The van der Waals surface area contributed by atoms with Crippen LogP contribution in [-0.4, -0.2) is 26.2 Å². The number of nitriles is 2. The number of benzene rings is 2. The fourth-order valence-corrected chi connectivity index (χ4v) is 8.03. The predicted molar refractivity (Wildman–Crippen MR) is 264 cm³/mol. The molecule has 0 spiro atoms. The number of hydrogen-bond acceptors (Lipinski definition) is 5. The second-order valence-electron chi connectivity index (χ2n) is 17.1. The van der Waals surface area contributed by atoms with Gasteiger partial charge in [0.1, 0.15) is 29.2 Å². The smallest absolute Gasteiger partial charge is 0.137 e. The monoisotopic (exact) mass is 827 g/mol. The molecule has 2 aromatic rings. The van der Waals surface area contributed by atoms with Gasteiger partial charge in [-0.15, -0.1) is 0 Å². The molecule has 5 nitrogen and oxygen atoms in total. The molecule has 0 saturated heterocycles. The SMILES string of the molecule is CCCCCCCCN(CCCCCCCC)c1ccc(/C=C/C2=CC(=C(C#N)C#N)C=C(/C=C/c3ccc(N(CCCCCCCC)CCCCCCCC)cc3)O2)cc1. The van der Waals surface area contributed by atoms with E-state index in [4.69, 9.17) is 4.74 Å². The van der Waals surface area contributed by atoms with Crippen LogP contribution in [-0.2, 0) is 4.74 Å². The Labute approximate surface area is 374 Å². The number of ether oxygens (including phenoxy) is 1. The summed E-state index contributed by atoms with van der Waals surface area (Å²) >= 11 is 0. The third-order valence-electron chi connectivity index (χ3n) is 11.9. The highest BCUT2D eigenvalue weighted by Crippen LogP contribution is 2.26. The van der Waals surface area contributed by atoms with Crippen molar-refractivity contribution in [3.63, 3.8) is 0 Å². The molecule has 0 N–H and O–H groups in total. The van der Waals surface area contributed by atoms with Gasteiger partial charge in [0.2, 0.25) is 0 Å². The van der Waals surface area contributed by atoms with Crippen LogP contribution >= 0.6 is 0 Å². The van der Waals surface area contributed by atoms with Crippen LogP contribution in [0.4, 0.5) is 11.4 Å². The van der Waals surface area contributed by atoms with Crippen molar-refractivity contribution in [2.75, 3.05) is 36.0 Å². The van der Waals surface area contributed by atoms with E-state index < -0.39 is 0 Å². The highest BCUT2D eigenvalue weighted by Gasteiger charge is 2.13. The summed E-state index contributed by atoms with van der Waals surface area (Å²) in [7, 11) is 0. The van der Waals surface area contributed by atoms with E-state index >= 15 is 0 Å². The summed E-state index contributed by atoms with van der Waals surface area (Å²) in [5.74, 6) is 1.18. The number of anilines is 2. The molecule has 0 aliphatic carbocycles. The van der Waals surface area contributed by atoms with Gasteiger partial charge >= 0.3 is 0 Å². The van der Waals surface area contributed by atoms with E-state index in [0.29, 0.717) is 17.1 Å². The molecule has 0 fully saturated rings. The molecule has 0 bridgehead atoms. The molecule has 2 aromatic carbocycles. The lowest BCUT2D eigenvalue weighted by molar-refractivity contribution is 0.332. The molecular weight excluding hydrogens is 745 g/mol. The molecule has 0 aromatic heterocycles. The summed E-state index contributed by atoms with van der Waals surface area (Å²) in [6.45, 7) is 13.5. The first kappa shape index (κ1) is 50.9. The summed E-state index contributed by atoms with van der Waals surface area (Å²) in [5.41, 5.74) is 5.36. The normalized spacial score (nSPS) is 12.6. The first-order valence-corrected chi connectivity index (χ1v) is 24.8. The fourth-order valence-electron chi connectivity index (χ4n) is 8.03. The zero-order chi connectivity index (χ0) is 43.6. The third-order valence-corrected chi connectivity index (χ3v) is 11.9. The van der Waals surface area contributed by atoms with Crippen molar-refractivity contribution >= 4 is 23.5 Å². The molecule has 0 amide bonds. The second-order valence-corrected chi connectivity index (χ2v) is 17.1. The van der Waals surface area contributed by atoms with Crippen LogP contribution in [0.15, 0.2) is 95.5 Å². The maximum atomic E-state index is 9.74. The van der Waals surface area contributed by atoms with Gasteiger partial charge in [0.25, 0.3) is 0 Å². The van der Waals surface area contributed by atoms with Crippen molar-refractivity contribution < 1.29 is 4.74 Å². The van der Waals surface area contributed by atoms with Gasteiger partial charge < -0.3 is 14.5 Å². The van der Waals surface area contributed by atoms with Crippen LogP contribution in [0.3, 0.4) is 0 Å². The number of hydrogen-bond donors (Lipinski definition) is 0. The fraction of sp³-hybridized carbons (Fsp3) is 0.571. The lowest BCUT2D eigenvalue weighted by Crippen LogP contribution is -2.25. The lowest BCUT2D eigenvalue weighted by Gasteiger charge is -2.25. The Bertz CT molecular complexity index is 1540. The zero-order valence-corrected chi connectivity index (χ0v) is 39.1. The lowest BCUT2D eigenvalue weighted by atomic mass is 10.0. The van der Waals surface area contributed by atoms with Gasteiger partial charge in [-0.3, -0.25) is 0 Å². The van der Waals surface area contributed by atoms with Crippen LogP contribution in [0.2, 0.25) is 0 Å². The van der Waals surface area contributed by atoms with Crippen LogP contribution in [0.25, 0.3) is 12.2 Å². The zero-order valence-electron chi connectivity index (χ0n) is 39.1. The number of allylic oxidation sites excluding steroid dienone is 6. The number of unbranched alkanes of at least 4 members (excludes halogenated alkanes) is 20. The van der Waals surface area contributed by atoms with E-state index in [1.807, 2.05) is 24.3 Å². The highest BCUT2D eigenvalue weighted by molar-refractivity contribution is 5.62. The van der Waals surface area contributed by atoms with Crippen molar-refractivity contribution in [1.82, 2.24) is 0 Å². The Morgan fingerprint density at radius 3 is 1.02 bits per heavy atom. The van der Waals surface area contributed by atoms with Crippen molar-refractivity contribution in [3.8, 4) is 12.1 Å². The Morgan fingerprint density at radius 1 is 0.426 bits per heavy atom. The maximum absolute atomic E-state index is 9.74. The van der Waals surface area contributed by atoms with E-state index in [0.717, 1.165) is 37.3 Å². The quantitative estimate of drug-likeness (QED) is 0.0519. The van der Waals surface area contributed by atoms with Gasteiger partial charge in [0, 0.05) is 43.1 Å². The largest absolute Gasteiger partial charge is 0.457 e. The average Bonchev–Trinajstić information content (AvgIpc) is 3.29. The third kappa shape index (κ3) is 21.7. The standard InChI is InChI=1S/C56H82N4O/c1-5-9-13-17-21-25-41-59(42-26-22-18-14-10-6-2)53-35-29-49(30-36-53)33-39-55-45-51(52(47-57)48-58)46-56(61-55)40-34-50-31-37-54(38-32-50)60(43-27-23-19-15-11-7-3)44-28-24-20-16-12-8-4/h29-40,45-46H,5-28,41-44H2,1-4H3/b39-33+,40-34+. The topological polar surface area (TPSA) is 63.3 Å². The van der Waals surface area contributed by atoms with Gasteiger partial charge in [0.05, 0.1) is 0 Å². The summed E-state index contributed by atoms with van der Waals surface area (Å²) in [5, 5.41) is 19.5. The van der Waals surface area contributed by atoms with Crippen LogP contribution in [0.5, 0.6) is 0 Å². The molecule has 0 radical (unpaired) electrons. The number of nitrogens with zero attached hydrogens (tertiary/aromatic N) is 4. The van der Waals surface area contributed by atoms with Crippen LogP contribution < -0.4 is 9.80 Å². The highest BCUT2D eigenvalue weighted by atomic mass is 16.5. The van der Waals surface area contributed by atoms with E-state index in [1.165, 1.54) is 165 Å². The molecule has 1 heterocycles. The van der Waals surface area contributed by atoms with Gasteiger partial charge in [-0.05, 0) is 85.4 Å². The van der Waals surface area contributed by atoms with Crippen molar-refractivity contribution in [2.24, 2.45) is 0 Å². The van der Waals surface area contributed by atoms with Crippen LogP contribution in [0.1, 0.15) is 193 Å². The van der Waals surface area contributed by atoms with Gasteiger partial charge in [-0.1, -0.05) is 193 Å². The molecule has 61 heavy (non-hydrogen) atoms. The Kier molecular flexibility index (Phi) is 27.7. The predicted octanol–water partition coefficient (Wildman–Crippen LogP) is 16.6. The molecular formula is C56H82N4O.